The van der Waals surface area contributed by atoms with Gasteiger partial charge in [0.15, 0.2) is 35.4 Å². The largest absolute Gasteiger partial charge is 2.00 e. The summed E-state index contributed by atoms with van der Waals surface area (Å²) in [6.07, 6.45) is 4.93. The minimum Gasteiger partial charge on any atom is -1.00 e. The van der Waals surface area contributed by atoms with Gasteiger partial charge >= 0.3 is 57.3 Å². The first kappa shape index (κ1) is 68.7. The van der Waals surface area contributed by atoms with Gasteiger partial charge in [0.1, 0.15) is 53.7 Å². The second kappa shape index (κ2) is 27.0. The molecule has 7 atom stereocenters. The maximum Gasteiger partial charge on any atom is 2.00 e. The molecule has 0 radical (unpaired) electrons. The van der Waals surface area contributed by atoms with Crippen LogP contribution in [0.5, 0.6) is 0 Å². The van der Waals surface area contributed by atoms with Crippen LogP contribution in [0.15, 0.2) is 50.6 Å². The molecule has 4 aliphatic heterocycles. The van der Waals surface area contributed by atoms with Crippen LogP contribution in [-0.4, -0.2) is 150 Å². The number of allylic oxidation sites excluding steroid dienone is 1. The topological polar surface area (TPSA) is 250 Å². The van der Waals surface area contributed by atoms with Gasteiger partial charge in [-0.2, -0.15) is 0 Å². The first-order chi connectivity index (χ1) is 34.7. The fourth-order valence-corrected chi connectivity index (χ4v) is 33.7. The monoisotopic (exact) mass is 1220 g/mol. The summed E-state index contributed by atoms with van der Waals surface area (Å²) in [5.74, 6) is 0.336. The molecule has 8 rings (SSSR count). The molecule has 0 unspecified atom stereocenters. The molecule has 77 heavy (non-hydrogen) atoms. The Morgan fingerprint density at radius 3 is 1.47 bits per heavy atom. The van der Waals surface area contributed by atoms with E-state index in [1.54, 1.807) is 21.5 Å². The Kier molecular flexibility index (Phi) is 24.1. The van der Waals surface area contributed by atoms with Gasteiger partial charge in [0.05, 0.1) is 25.9 Å². The number of imidazole rings is 2. The molecule has 4 aromatic heterocycles. The Bertz CT molecular complexity index is 2560. The minimum atomic E-state index is -2.97. The number of ether oxygens (including phenoxy) is 2. The van der Waals surface area contributed by atoms with Crippen LogP contribution in [0.2, 0.25) is 44.3 Å². The third-order valence-electron chi connectivity index (χ3n) is 15.1. The first-order valence-electron chi connectivity index (χ1n) is 26.2. The number of nitrogens with two attached hydrogens (primary N) is 2. The summed E-state index contributed by atoms with van der Waals surface area (Å²) in [5, 5.41) is 12.4. The molecule has 26 heteroatoms. The number of carbonyl (C=O) groups is 1. The third-order valence-corrected chi connectivity index (χ3v) is 35.6. The van der Waals surface area contributed by atoms with Crippen molar-refractivity contribution in [3.63, 3.8) is 0 Å². The zero-order chi connectivity index (χ0) is 55.0. The van der Waals surface area contributed by atoms with Crippen LogP contribution in [0.25, 0.3) is 22.3 Å². The maximum atomic E-state index is 13.7. The molecule has 20 nitrogen and oxygen atoms in total. The van der Waals surface area contributed by atoms with Crippen molar-refractivity contribution < 1.29 is 62.3 Å². The fraction of sp³-hybridized carbons (Fsp3) is 0.686. The van der Waals surface area contributed by atoms with E-state index in [2.05, 4.69) is 161 Å². The molecule has 0 spiro atoms. The number of ketones is 1. The molecule has 0 bridgehead atoms. The van der Waals surface area contributed by atoms with Crippen molar-refractivity contribution in [2.75, 3.05) is 24.7 Å². The molecule has 0 aromatic carbocycles. The number of Topliss-reactive ketones (excluding diaryl/α,β-unsaturated/α-hetero) is 1. The molecular formula is C51H89BrMgN10O10Si4. The van der Waals surface area contributed by atoms with Crippen LogP contribution < -0.4 is 28.4 Å². The Balaban J connectivity index is 0.000000373. The van der Waals surface area contributed by atoms with E-state index in [0.29, 0.717) is 22.3 Å². The summed E-state index contributed by atoms with van der Waals surface area (Å²) in [6, 6.07) is 0. The van der Waals surface area contributed by atoms with Crippen LogP contribution >= 0.6 is 0 Å². The van der Waals surface area contributed by atoms with Crippen molar-refractivity contribution in [1.29, 1.82) is 0 Å². The average Bonchev–Trinajstić information content (AvgIpc) is 4.07. The van der Waals surface area contributed by atoms with Crippen molar-refractivity contribution >= 4 is 97.0 Å². The van der Waals surface area contributed by atoms with Gasteiger partial charge < -0.3 is 69.0 Å². The number of halogens is 1. The Morgan fingerprint density at radius 1 is 0.662 bits per heavy atom. The summed E-state index contributed by atoms with van der Waals surface area (Å²) in [7, 11) is -11.3. The number of nitrogens with zero attached hydrogens (tertiary/aromatic N) is 8. The van der Waals surface area contributed by atoms with E-state index < -0.39 is 76.7 Å². The SMILES string of the molecule is C.C=CC[C@]1(O)[C@@H]2O[Si](C(C)C)(C(C)C)O[Si](C(C)C)(C(C)C)OC[C@H]2O[C@H]1n1cnc2c(N)ncnc21.C=C[CH2-].CC(C)[Si]1(C(C)C)OC[C@H]2O[C@@H](n3cnc4c(N)ncnc43)C(=O)[C@@H]2O[Si](C(C)C)(C(C)C)O1.[Br-].[Mg+2]. The predicted molar refractivity (Wildman–Crippen MR) is 308 cm³/mol. The second-order valence-corrected chi connectivity index (χ2v) is 40.1. The molecule has 0 saturated carbocycles. The maximum absolute atomic E-state index is 13.7. The number of aromatic nitrogens is 8. The molecule has 0 aliphatic carbocycles. The van der Waals surface area contributed by atoms with Gasteiger partial charge in [0.25, 0.3) is 0 Å². The average molecular weight is 1220 g/mol. The predicted octanol–water partition coefficient (Wildman–Crippen LogP) is 6.67. The third kappa shape index (κ3) is 12.5. The summed E-state index contributed by atoms with van der Waals surface area (Å²) >= 11 is 0. The molecule has 4 fully saturated rings. The van der Waals surface area contributed by atoms with Crippen LogP contribution in [0, 0.1) is 6.92 Å². The molecule has 8 heterocycles. The molecule has 4 aromatic rings. The van der Waals surface area contributed by atoms with Crippen molar-refractivity contribution in [2.45, 2.75) is 211 Å². The van der Waals surface area contributed by atoms with E-state index in [1.807, 2.05) is 0 Å². The van der Waals surface area contributed by atoms with E-state index in [-0.39, 0.29) is 129 Å². The van der Waals surface area contributed by atoms with Crippen LogP contribution in [0.1, 0.15) is 137 Å². The molecular weight excluding hydrogens is 1130 g/mol. The fourth-order valence-electron chi connectivity index (χ4n) is 11.3. The number of fused-ring (bicyclic) bond motifs is 4. The smallest absolute Gasteiger partial charge is 1.00 e. The molecule has 4 aliphatic rings. The van der Waals surface area contributed by atoms with Gasteiger partial charge in [-0.15, -0.1) is 6.58 Å². The Morgan fingerprint density at radius 2 is 1.05 bits per heavy atom. The van der Waals surface area contributed by atoms with Crippen molar-refractivity contribution in [1.82, 2.24) is 39.0 Å². The second-order valence-electron chi connectivity index (χ2n) is 22.4. The first-order valence-corrected chi connectivity index (χ1v) is 34.1. The summed E-state index contributed by atoms with van der Waals surface area (Å²) in [6.45, 7) is 45.4. The van der Waals surface area contributed by atoms with Crippen LogP contribution in [0.3, 0.4) is 0 Å². The van der Waals surface area contributed by atoms with Crippen molar-refractivity contribution in [2.24, 2.45) is 0 Å². The van der Waals surface area contributed by atoms with E-state index in [1.165, 1.54) is 25.1 Å². The molecule has 428 valence electrons. The number of hydrogen-bond acceptors (Lipinski definition) is 18. The number of aliphatic hydroxyl groups is 1. The standard InChI is InChI=1S/C25H43N5O5Si2.C22H37N5O5Si2.C3H5.CH4.BrH.Mg/c1-10-11-25(31)21-19(33-24(25)30-14-29-20-22(26)27-13-28-23(20)30)12-32-36(15(2)3,16(4)5)35-37(34-21,17(6)7)18(8)9;1-12(2)33(13(3)4)29-9-16-19(31-34(32-33,14(5)6)15(7)8)18(28)22(30-16)27-11-26-17-20(23)24-10-25-21(17)27;1-3-2;;;/h10,13-19,21,24,31H,1,11-12H2,2-9H3,(H2,26,27,28);10-16,19,22H,9H2,1-8H3,(H2,23,24,25);3H,1-2H2;1H4;1H;/q;;-1;;;+2/p-1/t19-,21-,24-,25+;16-,19-,22-;;;;/m11..../s1. The number of nitrogen functional groups attached to an aromatic ring is 2. The summed E-state index contributed by atoms with van der Waals surface area (Å²) in [5.41, 5.74) is 13.6. The number of rotatable bonds is 12. The van der Waals surface area contributed by atoms with Gasteiger partial charge in [0, 0.05) is 6.42 Å². The van der Waals surface area contributed by atoms with Crippen molar-refractivity contribution in [3.8, 4) is 0 Å². The van der Waals surface area contributed by atoms with Crippen LogP contribution in [-0.2, 0) is 40.2 Å². The Labute approximate surface area is 488 Å². The van der Waals surface area contributed by atoms with Gasteiger partial charge in [0.2, 0.25) is 5.78 Å². The number of carbonyl (C=O) groups excluding carboxylic acids is 1. The van der Waals surface area contributed by atoms with Gasteiger partial charge in [-0.05, 0) is 44.3 Å². The normalized spacial score (nSPS) is 26.4. The molecule has 4 saturated heterocycles. The van der Waals surface area contributed by atoms with Gasteiger partial charge in [-0.3, -0.25) is 13.9 Å². The van der Waals surface area contributed by atoms with Crippen LogP contribution in [0.4, 0.5) is 11.6 Å². The summed E-state index contributed by atoms with van der Waals surface area (Å²) in [4.78, 5) is 39.2. The quantitative estimate of drug-likeness (QED) is 0.0761. The van der Waals surface area contributed by atoms with Gasteiger partial charge in [-0.1, -0.05) is 124 Å². The van der Waals surface area contributed by atoms with E-state index in [0.717, 1.165) is 0 Å². The minimum absolute atomic E-state index is 0. The molecule has 0 amide bonds. The zero-order valence-electron chi connectivity index (χ0n) is 47.7. The molecule has 5 N–H and O–H groups in total. The van der Waals surface area contributed by atoms with E-state index >= 15 is 0 Å². The van der Waals surface area contributed by atoms with Crippen molar-refractivity contribution in [3.05, 3.63) is 57.5 Å². The van der Waals surface area contributed by atoms with E-state index in [9.17, 15) is 9.90 Å². The van der Waals surface area contributed by atoms with E-state index in [4.69, 9.17) is 46.9 Å². The Hall–Kier alpha value is -2.53. The summed E-state index contributed by atoms with van der Waals surface area (Å²) < 4.78 is 58.3. The zero-order valence-corrected chi connectivity index (χ0v) is 54.7. The van der Waals surface area contributed by atoms with Gasteiger partial charge in [-0.25, -0.2) is 49.5 Å². The number of anilines is 2. The number of hydrogen-bond donors (Lipinski definition) is 3.